The maximum absolute atomic E-state index is 13.8. The van der Waals surface area contributed by atoms with E-state index in [2.05, 4.69) is 5.32 Å². The summed E-state index contributed by atoms with van der Waals surface area (Å²) >= 11 is 0. The first-order valence-corrected chi connectivity index (χ1v) is 10.1. The van der Waals surface area contributed by atoms with Crippen molar-refractivity contribution in [3.05, 3.63) is 83.6 Å². The highest BCUT2D eigenvalue weighted by Gasteiger charge is 2.28. The number of halogens is 3. The van der Waals surface area contributed by atoms with Gasteiger partial charge in [-0.25, -0.2) is 21.6 Å². The van der Waals surface area contributed by atoms with E-state index in [1.807, 2.05) is 0 Å². The highest BCUT2D eigenvalue weighted by molar-refractivity contribution is 7.89. The Bertz CT molecular complexity index is 1150. The quantitative estimate of drug-likeness (QED) is 0.569. The summed E-state index contributed by atoms with van der Waals surface area (Å²) in [7, 11) is -4.12. The normalized spacial score (nSPS) is 11.6. The Labute approximate surface area is 171 Å². The standard InChI is InChI=1S/C20H17F3N2O4S/c1-13-4-6-15(7-5-13)30(27,28)25(11-14-3-2-10-29-14)12-18(26)24-17-9-8-16(21)19(22)20(17)23/h2-10H,11-12H2,1H3,(H,24,26). The molecule has 1 N–H and O–H groups in total. The van der Waals surface area contributed by atoms with Gasteiger partial charge in [-0.1, -0.05) is 17.7 Å². The lowest BCUT2D eigenvalue weighted by Crippen LogP contribution is -2.37. The van der Waals surface area contributed by atoms with Crippen molar-refractivity contribution in [1.82, 2.24) is 4.31 Å². The van der Waals surface area contributed by atoms with Crippen LogP contribution in [0, 0.1) is 24.4 Å². The van der Waals surface area contributed by atoms with Crippen molar-refractivity contribution in [2.45, 2.75) is 18.4 Å². The zero-order chi connectivity index (χ0) is 21.9. The van der Waals surface area contributed by atoms with Gasteiger partial charge in [0.15, 0.2) is 17.5 Å². The Morgan fingerprint density at radius 1 is 1.03 bits per heavy atom. The molecule has 0 aliphatic heterocycles. The molecule has 1 heterocycles. The molecule has 0 fully saturated rings. The Morgan fingerprint density at radius 2 is 1.73 bits per heavy atom. The molecule has 1 amide bonds. The number of rotatable bonds is 7. The number of anilines is 1. The van der Waals surface area contributed by atoms with Gasteiger partial charge in [0.2, 0.25) is 15.9 Å². The van der Waals surface area contributed by atoms with Crippen LogP contribution in [-0.2, 0) is 21.4 Å². The molecule has 30 heavy (non-hydrogen) atoms. The fourth-order valence-corrected chi connectivity index (χ4v) is 4.00. The Hall–Kier alpha value is -3.11. The van der Waals surface area contributed by atoms with E-state index < -0.39 is 45.6 Å². The topological polar surface area (TPSA) is 79.6 Å². The first-order valence-electron chi connectivity index (χ1n) is 8.71. The van der Waals surface area contributed by atoms with Gasteiger partial charge in [-0.2, -0.15) is 4.31 Å². The third kappa shape index (κ3) is 4.71. The van der Waals surface area contributed by atoms with Crippen molar-refractivity contribution in [2.75, 3.05) is 11.9 Å². The minimum atomic E-state index is -4.12. The second kappa shape index (κ2) is 8.72. The van der Waals surface area contributed by atoms with Crippen molar-refractivity contribution in [1.29, 1.82) is 0 Å². The van der Waals surface area contributed by atoms with Crippen LogP contribution in [0.25, 0.3) is 0 Å². The number of carbonyl (C=O) groups excluding carboxylic acids is 1. The number of amides is 1. The van der Waals surface area contributed by atoms with Crippen molar-refractivity contribution in [2.24, 2.45) is 0 Å². The monoisotopic (exact) mass is 438 g/mol. The van der Waals surface area contributed by atoms with Gasteiger partial charge in [0.1, 0.15) is 5.76 Å². The number of nitrogens with zero attached hydrogens (tertiary/aromatic N) is 1. The average Bonchev–Trinajstić information content (AvgIpc) is 3.21. The van der Waals surface area contributed by atoms with Crippen molar-refractivity contribution in [3.63, 3.8) is 0 Å². The van der Waals surface area contributed by atoms with E-state index in [-0.39, 0.29) is 17.2 Å². The number of hydrogen-bond donors (Lipinski definition) is 1. The molecule has 0 aliphatic carbocycles. The number of furan rings is 1. The maximum atomic E-state index is 13.8. The van der Waals surface area contributed by atoms with Gasteiger partial charge >= 0.3 is 0 Å². The lowest BCUT2D eigenvalue weighted by atomic mass is 10.2. The van der Waals surface area contributed by atoms with E-state index in [4.69, 9.17) is 4.42 Å². The molecule has 1 aromatic heterocycles. The molecule has 0 saturated carbocycles. The predicted molar refractivity (Wildman–Crippen MR) is 102 cm³/mol. The second-order valence-corrected chi connectivity index (χ2v) is 8.37. The van der Waals surface area contributed by atoms with Crippen LogP contribution in [0.2, 0.25) is 0 Å². The summed E-state index contributed by atoms with van der Waals surface area (Å²) in [6.45, 7) is 0.813. The fourth-order valence-electron chi connectivity index (χ4n) is 2.63. The van der Waals surface area contributed by atoms with Crippen LogP contribution in [-0.4, -0.2) is 25.2 Å². The van der Waals surface area contributed by atoms with E-state index in [0.717, 1.165) is 15.9 Å². The van der Waals surface area contributed by atoms with Crippen LogP contribution >= 0.6 is 0 Å². The van der Waals surface area contributed by atoms with Crippen LogP contribution < -0.4 is 5.32 Å². The summed E-state index contributed by atoms with van der Waals surface area (Å²) in [4.78, 5) is 12.4. The zero-order valence-electron chi connectivity index (χ0n) is 15.7. The third-order valence-electron chi connectivity index (χ3n) is 4.20. The first kappa shape index (κ1) is 21.6. The Morgan fingerprint density at radius 3 is 2.37 bits per heavy atom. The van der Waals surface area contributed by atoms with Crippen LogP contribution in [0.1, 0.15) is 11.3 Å². The number of sulfonamides is 1. The van der Waals surface area contributed by atoms with E-state index in [1.165, 1.54) is 24.5 Å². The Kier molecular flexibility index (Phi) is 6.28. The third-order valence-corrected chi connectivity index (χ3v) is 6.01. The SMILES string of the molecule is Cc1ccc(S(=O)(=O)N(CC(=O)Nc2ccc(F)c(F)c2F)Cc2ccco2)cc1. The minimum absolute atomic E-state index is 0.0496. The molecular formula is C20H17F3N2O4S. The lowest BCUT2D eigenvalue weighted by molar-refractivity contribution is -0.116. The molecule has 0 saturated heterocycles. The van der Waals surface area contributed by atoms with E-state index in [1.54, 1.807) is 25.1 Å². The van der Waals surface area contributed by atoms with E-state index >= 15 is 0 Å². The van der Waals surface area contributed by atoms with Crippen molar-refractivity contribution >= 4 is 21.6 Å². The van der Waals surface area contributed by atoms with Gasteiger partial charge in [0.05, 0.1) is 29.9 Å². The van der Waals surface area contributed by atoms with Gasteiger partial charge in [0, 0.05) is 0 Å². The maximum Gasteiger partial charge on any atom is 0.243 e. The number of hydrogen-bond acceptors (Lipinski definition) is 4. The molecule has 3 aromatic rings. The highest BCUT2D eigenvalue weighted by atomic mass is 32.2. The lowest BCUT2D eigenvalue weighted by Gasteiger charge is -2.21. The van der Waals surface area contributed by atoms with Gasteiger partial charge in [-0.3, -0.25) is 4.79 Å². The number of benzene rings is 2. The van der Waals surface area contributed by atoms with Crippen molar-refractivity contribution in [3.8, 4) is 0 Å². The van der Waals surface area contributed by atoms with E-state index in [0.29, 0.717) is 6.07 Å². The number of aryl methyl sites for hydroxylation is 1. The smallest absolute Gasteiger partial charge is 0.243 e. The number of carbonyl (C=O) groups is 1. The van der Waals surface area contributed by atoms with Crippen molar-refractivity contribution < 1.29 is 30.8 Å². The molecule has 0 bridgehead atoms. The average molecular weight is 438 g/mol. The molecule has 0 unspecified atom stereocenters. The molecular weight excluding hydrogens is 421 g/mol. The highest BCUT2D eigenvalue weighted by Crippen LogP contribution is 2.22. The summed E-state index contributed by atoms with van der Waals surface area (Å²) in [5.41, 5.74) is 0.239. The van der Waals surface area contributed by atoms with Gasteiger partial charge in [-0.05, 0) is 43.3 Å². The van der Waals surface area contributed by atoms with Crippen LogP contribution in [0.15, 0.2) is 64.1 Å². The molecule has 2 aromatic carbocycles. The minimum Gasteiger partial charge on any atom is -0.468 e. The molecule has 10 heteroatoms. The molecule has 0 aliphatic rings. The molecule has 0 atom stereocenters. The zero-order valence-corrected chi connectivity index (χ0v) is 16.5. The second-order valence-electron chi connectivity index (χ2n) is 6.44. The molecule has 0 spiro atoms. The van der Waals surface area contributed by atoms with Gasteiger partial charge < -0.3 is 9.73 Å². The first-order chi connectivity index (χ1) is 14.2. The van der Waals surface area contributed by atoms with Crippen LogP contribution in [0.5, 0.6) is 0 Å². The molecule has 6 nitrogen and oxygen atoms in total. The fraction of sp³-hybridized carbons (Fsp3) is 0.150. The Balaban J connectivity index is 1.86. The summed E-state index contributed by atoms with van der Waals surface area (Å²) in [5, 5.41) is 2.06. The summed E-state index contributed by atoms with van der Waals surface area (Å²) in [5.74, 6) is -5.40. The predicted octanol–water partition coefficient (Wildman–Crippen LogP) is 3.83. The summed E-state index contributed by atoms with van der Waals surface area (Å²) in [6, 6.07) is 10.6. The summed E-state index contributed by atoms with van der Waals surface area (Å²) < 4.78 is 72.4. The largest absolute Gasteiger partial charge is 0.468 e. The van der Waals surface area contributed by atoms with Gasteiger partial charge in [0.25, 0.3) is 0 Å². The molecule has 158 valence electrons. The van der Waals surface area contributed by atoms with Crippen LogP contribution in [0.4, 0.5) is 18.9 Å². The van der Waals surface area contributed by atoms with Crippen LogP contribution in [0.3, 0.4) is 0 Å². The van der Waals surface area contributed by atoms with E-state index in [9.17, 15) is 26.4 Å². The summed E-state index contributed by atoms with van der Waals surface area (Å²) in [6.07, 6.45) is 1.35. The number of nitrogens with one attached hydrogen (secondary N) is 1. The molecule has 0 radical (unpaired) electrons. The van der Waals surface area contributed by atoms with Gasteiger partial charge in [-0.15, -0.1) is 0 Å². The molecule has 3 rings (SSSR count).